The van der Waals surface area contributed by atoms with E-state index >= 15 is 0 Å². The quantitative estimate of drug-likeness (QED) is 0.132. The van der Waals surface area contributed by atoms with Gasteiger partial charge in [-0.3, -0.25) is 9.79 Å². The van der Waals surface area contributed by atoms with Crippen molar-refractivity contribution in [3.63, 3.8) is 0 Å². The van der Waals surface area contributed by atoms with Crippen molar-refractivity contribution in [2.75, 3.05) is 5.88 Å². The average molecular weight is 356 g/mol. The summed E-state index contributed by atoms with van der Waals surface area (Å²) >= 11 is 12.9. The maximum atomic E-state index is 11.8. The summed E-state index contributed by atoms with van der Waals surface area (Å²) in [7, 11) is 0. The van der Waals surface area contributed by atoms with E-state index < -0.39 is 0 Å². The third kappa shape index (κ3) is 7.77. The van der Waals surface area contributed by atoms with E-state index in [9.17, 15) is 4.79 Å². The van der Waals surface area contributed by atoms with Crippen LogP contribution in [0.3, 0.4) is 0 Å². The highest BCUT2D eigenvalue weighted by Crippen LogP contribution is 2.22. The molecule has 2 nitrogen and oxygen atoms in total. The van der Waals surface area contributed by atoms with Gasteiger partial charge in [-0.1, -0.05) is 30.7 Å². The van der Waals surface area contributed by atoms with Crippen LogP contribution in [0.25, 0.3) is 0 Å². The van der Waals surface area contributed by atoms with Crippen molar-refractivity contribution in [3.05, 3.63) is 51.0 Å². The molecule has 0 aromatic carbocycles. The maximum Gasteiger partial charge on any atom is 0.176 e. The van der Waals surface area contributed by atoms with E-state index in [1.807, 2.05) is 31.4 Å². The molecule has 1 rings (SSSR count). The normalized spacial score (nSPS) is 11.0. The Morgan fingerprint density at radius 3 is 2.82 bits per heavy atom. The third-order valence-electron chi connectivity index (χ3n) is 2.62. The molecule has 0 fully saturated rings. The van der Waals surface area contributed by atoms with Crippen LogP contribution in [0.4, 0.5) is 0 Å². The van der Waals surface area contributed by atoms with Crippen molar-refractivity contribution in [1.82, 2.24) is 0 Å². The van der Waals surface area contributed by atoms with Crippen LogP contribution in [-0.2, 0) is 0 Å². The Kier molecular flexibility index (Phi) is 9.85. The molecule has 0 spiro atoms. The molecule has 22 heavy (non-hydrogen) atoms. The summed E-state index contributed by atoms with van der Waals surface area (Å²) in [5, 5.41) is 0. The zero-order chi connectivity index (χ0) is 16.2. The van der Waals surface area contributed by atoms with Crippen molar-refractivity contribution in [2.24, 2.45) is 4.99 Å². The van der Waals surface area contributed by atoms with Crippen LogP contribution in [0.15, 0.2) is 46.8 Å². The number of rotatable bonds is 9. The molecule has 0 amide bonds. The average Bonchev–Trinajstić information content (AvgIpc) is 2.95. The Labute approximate surface area is 145 Å². The van der Waals surface area contributed by atoms with Gasteiger partial charge in [-0.05, 0) is 37.5 Å². The smallest absolute Gasteiger partial charge is 0.176 e. The van der Waals surface area contributed by atoms with Crippen molar-refractivity contribution in [1.29, 1.82) is 0 Å². The molecule has 0 atom stereocenters. The lowest BCUT2D eigenvalue weighted by atomic mass is 10.2. The second-order valence-electron chi connectivity index (χ2n) is 4.43. The second kappa shape index (κ2) is 11.4. The van der Waals surface area contributed by atoms with E-state index in [-0.39, 0.29) is 5.78 Å². The number of carbonyl (C=O) groups excluding carboxylic acids is 1. The van der Waals surface area contributed by atoms with Crippen LogP contribution >= 0.6 is 34.5 Å². The lowest BCUT2D eigenvalue weighted by Crippen LogP contribution is -1.92. The second-order valence-corrected chi connectivity index (χ2v) is 6.41. The van der Waals surface area contributed by atoms with Crippen LogP contribution in [0.1, 0.15) is 42.3 Å². The monoisotopic (exact) mass is 355 g/mol. The molecule has 0 unspecified atom stereocenters. The van der Waals surface area contributed by atoms with E-state index in [1.165, 1.54) is 11.3 Å². The van der Waals surface area contributed by atoms with Crippen molar-refractivity contribution in [3.8, 4) is 0 Å². The van der Waals surface area contributed by atoms with Crippen molar-refractivity contribution < 1.29 is 4.79 Å². The summed E-state index contributed by atoms with van der Waals surface area (Å²) < 4.78 is 0.644. The van der Waals surface area contributed by atoms with Gasteiger partial charge in [-0.15, -0.1) is 28.7 Å². The molecule has 0 bridgehead atoms. The van der Waals surface area contributed by atoms with Gasteiger partial charge in [-0.2, -0.15) is 0 Å². The molecule has 5 heteroatoms. The number of hydrogen-bond donors (Lipinski definition) is 0. The predicted molar refractivity (Wildman–Crippen MR) is 97.7 cm³/mol. The molecule has 0 aliphatic rings. The molecule has 1 heterocycles. The van der Waals surface area contributed by atoms with Gasteiger partial charge in [0.15, 0.2) is 5.78 Å². The summed E-state index contributed by atoms with van der Waals surface area (Å²) in [4.78, 5) is 16.7. The number of halogens is 2. The number of Topliss-reactive ketones (excluding diaryl/α,β-unsaturated/α-hetero) is 1. The van der Waals surface area contributed by atoms with Crippen LogP contribution < -0.4 is 0 Å². The van der Waals surface area contributed by atoms with Crippen molar-refractivity contribution >= 4 is 46.5 Å². The number of ketones is 1. The highest BCUT2D eigenvalue weighted by molar-refractivity contribution is 7.18. The number of carbonyl (C=O) groups is 1. The van der Waals surface area contributed by atoms with Gasteiger partial charge < -0.3 is 0 Å². The lowest BCUT2D eigenvalue weighted by molar-refractivity contribution is 0.0999. The number of hydrogen-bond acceptors (Lipinski definition) is 3. The number of thiophene rings is 1. The standard InChI is InChI=1S/C17H19Cl2NOS/c1-2-12-20-14(13-18)8-6-4-3-5-7-9-15(21)16-10-11-17(19)22-16/h5-7,10-12H,2-4,9,13H2,1H3/b7-5+,20-12?. The molecule has 0 N–H and O–H groups in total. The molecule has 0 aliphatic heterocycles. The largest absolute Gasteiger partial charge is 0.293 e. The molecular weight excluding hydrogens is 337 g/mol. The topological polar surface area (TPSA) is 29.4 Å². The summed E-state index contributed by atoms with van der Waals surface area (Å²) in [6.45, 7) is 2.02. The number of unbranched alkanes of at least 4 members (excludes halogenated alkanes) is 1. The first-order valence-corrected chi connectivity index (χ1v) is 8.86. The SMILES string of the molecule is CCC=NC(=C=CCC/C=C/CC(=O)c1ccc(Cl)s1)CCl. The van der Waals surface area contributed by atoms with Gasteiger partial charge in [0.2, 0.25) is 0 Å². The fraction of sp³-hybridized carbons (Fsp3) is 0.353. The van der Waals surface area contributed by atoms with E-state index in [0.717, 1.165) is 25.0 Å². The molecule has 1 aromatic heterocycles. The van der Waals surface area contributed by atoms with Crippen LogP contribution in [-0.4, -0.2) is 17.9 Å². The van der Waals surface area contributed by atoms with E-state index in [2.05, 4.69) is 10.7 Å². The van der Waals surface area contributed by atoms with Gasteiger partial charge in [0.25, 0.3) is 0 Å². The van der Waals surface area contributed by atoms with Crippen LogP contribution in [0, 0.1) is 0 Å². The highest BCUT2D eigenvalue weighted by atomic mass is 35.5. The molecule has 0 radical (unpaired) electrons. The summed E-state index contributed by atoms with van der Waals surface area (Å²) in [5.74, 6) is 0.461. The van der Waals surface area contributed by atoms with Gasteiger partial charge in [0.05, 0.1) is 20.8 Å². The van der Waals surface area contributed by atoms with E-state index in [1.54, 1.807) is 12.1 Å². The molecule has 0 saturated carbocycles. The highest BCUT2D eigenvalue weighted by Gasteiger charge is 2.05. The van der Waals surface area contributed by atoms with Crippen LogP contribution in [0.2, 0.25) is 4.34 Å². The Morgan fingerprint density at radius 2 is 2.18 bits per heavy atom. The summed E-state index contributed by atoms with van der Waals surface area (Å²) in [6, 6.07) is 3.51. The van der Waals surface area contributed by atoms with E-state index in [0.29, 0.717) is 21.5 Å². The minimum Gasteiger partial charge on any atom is -0.293 e. The zero-order valence-electron chi connectivity index (χ0n) is 12.5. The Hall–Kier alpha value is -1.12. The van der Waals surface area contributed by atoms with Gasteiger partial charge in [-0.25, -0.2) is 0 Å². The van der Waals surface area contributed by atoms with E-state index in [4.69, 9.17) is 23.2 Å². The number of nitrogens with zero attached hydrogens (tertiary/aromatic N) is 1. The van der Waals surface area contributed by atoms with Gasteiger partial charge in [0, 0.05) is 12.6 Å². The zero-order valence-corrected chi connectivity index (χ0v) is 14.8. The summed E-state index contributed by atoms with van der Waals surface area (Å²) in [6.07, 6.45) is 10.6. The number of alkyl halides is 1. The third-order valence-corrected chi connectivity index (χ3v) is 4.15. The molecule has 118 valence electrons. The Bertz CT molecular complexity index is 596. The maximum absolute atomic E-state index is 11.8. The fourth-order valence-corrected chi connectivity index (χ4v) is 2.69. The first kappa shape index (κ1) is 18.9. The number of allylic oxidation sites excluding steroid dienone is 3. The molecule has 1 aromatic rings. The van der Waals surface area contributed by atoms with Gasteiger partial charge in [0.1, 0.15) is 0 Å². The fourth-order valence-electron chi connectivity index (χ4n) is 1.55. The molecule has 0 aliphatic carbocycles. The van der Waals surface area contributed by atoms with Crippen molar-refractivity contribution in [2.45, 2.75) is 32.6 Å². The van der Waals surface area contributed by atoms with Crippen LogP contribution in [0.5, 0.6) is 0 Å². The Morgan fingerprint density at radius 1 is 1.36 bits per heavy atom. The molecule has 0 saturated heterocycles. The first-order chi connectivity index (χ1) is 10.7. The lowest BCUT2D eigenvalue weighted by Gasteiger charge is -1.91. The van der Waals surface area contributed by atoms with Gasteiger partial charge >= 0.3 is 0 Å². The Balaban J connectivity index is 2.33. The number of aliphatic imine (C=N–C) groups is 1. The first-order valence-electron chi connectivity index (χ1n) is 7.13. The molecular formula is C17H19Cl2NOS. The summed E-state index contributed by atoms with van der Waals surface area (Å²) in [5.41, 5.74) is 3.83. The minimum atomic E-state index is 0.0990. The predicted octanol–water partition coefficient (Wildman–Crippen LogP) is 6.07. The minimum absolute atomic E-state index is 0.0990.